The predicted octanol–water partition coefficient (Wildman–Crippen LogP) is 1.25. The number of hydrogen-bond acceptors (Lipinski definition) is 4. The van der Waals surface area contributed by atoms with Crippen molar-refractivity contribution in [2.45, 2.75) is 0 Å². The van der Waals surface area contributed by atoms with Crippen molar-refractivity contribution in [3.8, 4) is 5.75 Å². The van der Waals surface area contributed by atoms with Crippen LogP contribution in [0.5, 0.6) is 5.75 Å². The molecular weight excluding hydrogens is 212 g/mol. The van der Waals surface area contributed by atoms with Crippen LogP contribution in [0, 0.1) is 5.41 Å². The van der Waals surface area contributed by atoms with E-state index in [1.165, 1.54) is 12.1 Å². The lowest BCUT2D eigenvalue weighted by Gasteiger charge is -2.01. The van der Waals surface area contributed by atoms with Crippen molar-refractivity contribution in [1.82, 2.24) is 0 Å². The molecule has 0 bridgehead atoms. The molecule has 0 unspecified atom stereocenters. The smallest absolute Gasteiger partial charge is 0.222 e. The van der Waals surface area contributed by atoms with Gasteiger partial charge in [-0.2, -0.15) is 0 Å². The summed E-state index contributed by atoms with van der Waals surface area (Å²) >= 11 is 4.79. The van der Waals surface area contributed by atoms with Gasteiger partial charge >= 0.3 is 0 Å². The standard InChI is InChI=1S/C10H8N2O2S/c11-9-7(10(12)15)3-5-1-2-6(13)4-8(5)14-9/h1-4,11,13H,(H2,12,15). The fraction of sp³-hybridized carbons (Fsp3) is 0. The summed E-state index contributed by atoms with van der Waals surface area (Å²) in [6.45, 7) is 0. The molecule has 0 saturated carbocycles. The molecule has 2 aromatic rings. The number of phenolic OH excluding ortho intramolecular Hbond substituents is 1. The first kappa shape index (κ1) is 9.67. The average molecular weight is 220 g/mol. The number of hydrogen-bond donors (Lipinski definition) is 3. The van der Waals surface area contributed by atoms with Gasteiger partial charge in [0, 0.05) is 11.5 Å². The lowest BCUT2D eigenvalue weighted by Crippen LogP contribution is -2.19. The summed E-state index contributed by atoms with van der Waals surface area (Å²) in [6, 6.07) is 6.32. The Hall–Kier alpha value is -1.88. The van der Waals surface area contributed by atoms with Gasteiger partial charge in [0.25, 0.3) is 0 Å². The first-order valence-corrected chi connectivity index (χ1v) is 4.60. The molecule has 2 rings (SSSR count). The maximum atomic E-state index is 9.23. The molecule has 0 spiro atoms. The molecule has 0 saturated heterocycles. The van der Waals surface area contributed by atoms with Crippen LogP contribution in [0.25, 0.3) is 11.0 Å². The molecule has 0 amide bonds. The van der Waals surface area contributed by atoms with Crippen molar-refractivity contribution < 1.29 is 9.52 Å². The third-order valence-electron chi connectivity index (χ3n) is 2.02. The van der Waals surface area contributed by atoms with Crippen molar-refractivity contribution in [2.75, 3.05) is 0 Å². The number of phenols is 1. The lowest BCUT2D eigenvalue weighted by atomic mass is 10.2. The monoisotopic (exact) mass is 220 g/mol. The van der Waals surface area contributed by atoms with E-state index in [-0.39, 0.29) is 16.3 Å². The van der Waals surface area contributed by atoms with Crippen molar-refractivity contribution in [3.63, 3.8) is 0 Å². The third kappa shape index (κ3) is 1.69. The molecule has 0 aliphatic rings. The van der Waals surface area contributed by atoms with E-state index in [0.29, 0.717) is 11.1 Å². The molecular formula is C10H8N2O2S. The normalized spacial score (nSPS) is 10.4. The van der Waals surface area contributed by atoms with Crippen LogP contribution in [-0.2, 0) is 0 Å². The van der Waals surface area contributed by atoms with Crippen molar-refractivity contribution >= 4 is 28.2 Å². The number of thiocarbonyl (C=S) groups is 1. The molecule has 4 N–H and O–H groups in total. The molecule has 4 nitrogen and oxygen atoms in total. The van der Waals surface area contributed by atoms with E-state index in [0.717, 1.165) is 5.39 Å². The Bertz CT molecular complexity index is 604. The number of rotatable bonds is 1. The Kier molecular flexibility index (Phi) is 2.17. The van der Waals surface area contributed by atoms with Gasteiger partial charge in [0.2, 0.25) is 5.55 Å². The summed E-state index contributed by atoms with van der Waals surface area (Å²) in [5, 5.41) is 17.5. The molecule has 1 aromatic heterocycles. The third-order valence-corrected chi connectivity index (χ3v) is 2.24. The van der Waals surface area contributed by atoms with E-state index < -0.39 is 0 Å². The molecule has 5 heteroatoms. The zero-order valence-electron chi connectivity index (χ0n) is 7.65. The zero-order valence-corrected chi connectivity index (χ0v) is 8.47. The predicted molar refractivity (Wildman–Crippen MR) is 59.6 cm³/mol. The molecule has 0 aliphatic carbocycles. The fourth-order valence-corrected chi connectivity index (χ4v) is 1.45. The van der Waals surface area contributed by atoms with E-state index in [1.807, 2.05) is 0 Å². The molecule has 1 heterocycles. The highest BCUT2D eigenvalue weighted by atomic mass is 32.1. The van der Waals surface area contributed by atoms with Gasteiger partial charge in [-0.15, -0.1) is 0 Å². The van der Waals surface area contributed by atoms with Gasteiger partial charge in [-0.05, 0) is 18.2 Å². The minimum Gasteiger partial charge on any atom is -0.508 e. The molecule has 1 aromatic carbocycles. The summed E-state index contributed by atoms with van der Waals surface area (Å²) in [5.41, 5.74) is 6.16. The van der Waals surface area contributed by atoms with Gasteiger partial charge < -0.3 is 15.3 Å². The topological polar surface area (TPSA) is 83.2 Å². The van der Waals surface area contributed by atoms with Crippen molar-refractivity contribution in [2.24, 2.45) is 5.73 Å². The SMILES string of the molecule is N=c1oc2cc(O)ccc2cc1C(N)=S. The Morgan fingerprint density at radius 1 is 1.40 bits per heavy atom. The van der Waals surface area contributed by atoms with E-state index >= 15 is 0 Å². The Balaban J connectivity index is 2.82. The van der Waals surface area contributed by atoms with E-state index in [9.17, 15) is 5.11 Å². The largest absolute Gasteiger partial charge is 0.508 e. The van der Waals surface area contributed by atoms with Crippen LogP contribution in [0.2, 0.25) is 0 Å². The van der Waals surface area contributed by atoms with E-state index in [4.69, 9.17) is 27.8 Å². The van der Waals surface area contributed by atoms with Gasteiger partial charge in [-0.1, -0.05) is 12.2 Å². The quantitative estimate of drug-likeness (QED) is 0.631. The van der Waals surface area contributed by atoms with Gasteiger partial charge in [-0.3, -0.25) is 5.41 Å². The summed E-state index contributed by atoms with van der Waals surface area (Å²) in [7, 11) is 0. The second kappa shape index (κ2) is 3.36. The van der Waals surface area contributed by atoms with Gasteiger partial charge in [-0.25, -0.2) is 0 Å². The van der Waals surface area contributed by atoms with Crippen LogP contribution in [0.3, 0.4) is 0 Å². The van der Waals surface area contributed by atoms with Crippen LogP contribution in [0.1, 0.15) is 5.56 Å². The molecule has 0 radical (unpaired) electrons. The zero-order chi connectivity index (χ0) is 11.0. The highest BCUT2D eigenvalue weighted by Crippen LogP contribution is 2.18. The molecule has 0 fully saturated rings. The summed E-state index contributed by atoms with van der Waals surface area (Å²) < 4.78 is 5.17. The Labute approximate surface area is 90.5 Å². The number of benzene rings is 1. The van der Waals surface area contributed by atoms with Gasteiger partial charge in [0.1, 0.15) is 16.3 Å². The first-order chi connectivity index (χ1) is 7.08. The highest BCUT2D eigenvalue weighted by molar-refractivity contribution is 7.80. The maximum Gasteiger partial charge on any atom is 0.222 e. The fourth-order valence-electron chi connectivity index (χ4n) is 1.30. The van der Waals surface area contributed by atoms with Crippen LogP contribution in [0.15, 0.2) is 28.7 Å². The molecule has 76 valence electrons. The minimum atomic E-state index is -0.0967. The van der Waals surface area contributed by atoms with Crippen LogP contribution < -0.4 is 11.3 Å². The Morgan fingerprint density at radius 2 is 2.13 bits per heavy atom. The van der Waals surface area contributed by atoms with Crippen LogP contribution in [-0.4, -0.2) is 10.1 Å². The Morgan fingerprint density at radius 3 is 2.80 bits per heavy atom. The van der Waals surface area contributed by atoms with Gasteiger partial charge in [0.15, 0.2) is 0 Å². The number of fused-ring (bicyclic) bond motifs is 1. The van der Waals surface area contributed by atoms with Crippen LogP contribution in [0.4, 0.5) is 0 Å². The average Bonchev–Trinajstić information content (AvgIpc) is 2.15. The molecule has 15 heavy (non-hydrogen) atoms. The lowest BCUT2D eigenvalue weighted by molar-refractivity contribution is 0.472. The van der Waals surface area contributed by atoms with Crippen LogP contribution >= 0.6 is 12.2 Å². The second-order valence-corrected chi connectivity index (χ2v) is 3.52. The highest BCUT2D eigenvalue weighted by Gasteiger charge is 2.05. The van der Waals surface area contributed by atoms with E-state index in [2.05, 4.69) is 0 Å². The maximum absolute atomic E-state index is 9.23. The first-order valence-electron chi connectivity index (χ1n) is 4.19. The summed E-state index contributed by atoms with van der Waals surface area (Å²) in [5.74, 6) is 0.0914. The van der Waals surface area contributed by atoms with Crippen molar-refractivity contribution in [3.05, 3.63) is 35.4 Å². The minimum absolute atomic E-state index is 0.0914. The number of nitrogens with one attached hydrogen (secondary N) is 1. The number of aromatic hydroxyl groups is 1. The number of nitrogens with two attached hydrogens (primary N) is 1. The van der Waals surface area contributed by atoms with Crippen molar-refractivity contribution in [1.29, 1.82) is 5.41 Å². The second-order valence-electron chi connectivity index (χ2n) is 3.08. The van der Waals surface area contributed by atoms with E-state index in [1.54, 1.807) is 12.1 Å². The van der Waals surface area contributed by atoms with Gasteiger partial charge in [0.05, 0.1) is 5.56 Å². The molecule has 0 atom stereocenters. The summed E-state index contributed by atoms with van der Waals surface area (Å²) in [4.78, 5) is 0.124. The molecule has 0 aliphatic heterocycles. The summed E-state index contributed by atoms with van der Waals surface area (Å²) in [6.07, 6.45) is 0.